The summed E-state index contributed by atoms with van der Waals surface area (Å²) >= 11 is 0. The largest absolute Gasteiger partial charge is 0.399 e. The summed E-state index contributed by atoms with van der Waals surface area (Å²) in [5, 5.41) is 0. The smallest absolute Gasteiger partial charge is 0.160 e. The van der Waals surface area contributed by atoms with Gasteiger partial charge in [0.1, 0.15) is 0 Å². The third-order valence-electron chi connectivity index (χ3n) is 3.42. The molecule has 2 heteroatoms. The van der Waals surface area contributed by atoms with Crippen LogP contribution in [0.4, 0.5) is 5.69 Å². The minimum absolute atomic E-state index is 0.101. The normalized spacial score (nSPS) is 11.2. The van der Waals surface area contributed by atoms with Crippen LogP contribution in [0, 0.1) is 0 Å². The van der Waals surface area contributed by atoms with Gasteiger partial charge in [0.25, 0.3) is 0 Å². The standard InChI is InChI=1S/C19H21NO/c1-14(2)17-8-3-16(4-9-17)13-19(21)12-7-15-5-10-18(20)11-6-15/h3-12,14H,13,20H2,1-2H3/b12-7+. The van der Waals surface area contributed by atoms with E-state index < -0.39 is 0 Å². The molecular formula is C19H21NO. The number of ketones is 1. The van der Waals surface area contributed by atoms with E-state index in [2.05, 4.69) is 26.0 Å². The number of carbonyl (C=O) groups excluding carboxylic acids is 1. The van der Waals surface area contributed by atoms with Crippen LogP contribution in [-0.2, 0) is 11.2 Å². The molecule has 0 bridgehead atoms. The lowest BCUT2D eigenvalue weighted by Gasteiger charge is -2.05. The van der Waals surface area contributed by atoms with Crippen molar-refractivity contribution in [3.05, 3.63) is 71.3 Å². The Hall–Kier alpha value is -2.35. The molecule has 2 N–H and O–H groups in total. The Balaban J connectivity index is 1.96. The Labute approximate surface area is 126 Å². The van der Waals surface area contributed by atoms with Crippen molar-refractivity contribution in [3.8, 4) is 0 Å². The quantitative estimate of drug-likeness (QED) is 0.658. The van der Waals surface area contributed by atoms with Crippen LogP contribution in [0.5, 0.6) is 0 Å². The van der Waals surface area contributed by atoms with Gasteiger partial charge in [0.05, 0.1) is 0 Å². The van der Waals surface area contributed by atoms with Gasteiger partial charge in [-0.15, -0.1) is 0 Å². The molecule has 0 saturated heterocycles. The molecule has 0 aliphatic heterocycles. The van der Waals surface area contributed by atoms with Crippen LogP contribution >= 0.6 is 0 Å². The van der Waals surface area contributed by atoms with E-state index >= 15 is 0 Å². The molecule has 0 saturated carbocycles. The number of hydrogen-bond donors (Lipinski definition) is 1. The van der Waals surface area contributed by atoms with Gasteiger partial charge in [0.15, 0.2) is 5.78 Å². The van der Waals surface area contributed by atoms with Crippen molar-refractivity contribution in [2.45, 2.75) is 26.2 Å². The molecule has 0 aromatic heterocycles. The van der Waals surface area contributed by atoms with Crippen molar-refractivity contribution in [3.63, 3.8) is 0 Å². The molecule has 2 nitrogen and oxygen atoms in total. The van der Waals surface area contributed by atoms with E-state index in [0.29, 0.717) is 12.3 Å². The molecule has 2 aromatic rings. The molecule has 108 valence electrons. The number of benzene rings is 2. The lowest BCUT2D eigenvalue weighted by Crippen LogP contribution is -1.99. The summed E-state index contributed by atoms with van der Waals surface area (Å²) in [6.07, 6.45) is 3.88. The maximum absolute atomic E-state index is 12.0. The maximum Gasteiger partial charge on any atom is 0.160 e. The van der Waals surface area contributed by atoms with Gasteiger partial charge in [-0.3, -0.25) is 4.79 Å². The van der Waals surface area contributed by atoms with Crippen molar-refractivity contribution in [1.82, 2.24) is 0 Å². The summed E-state index contributed by atoms with van der Waals surface area (Å²) in [6.45, 7) is 4.32. The molecule has 2 rings (SSSR count). The van der Waals surface area contributed by atoms with Gasteiger partial charge < -0.3 is 5.73 Å². The Morgan fingerprint density at radius 3 is 2.24 bits per heavy atom. The van der Waals surface area contributed by atoms with Crippen LogP contribution in [0.1, 0.15) is 36.5 Å². The Morgan fingerprint density at radius 1 is 1.05 bits per heavy atom. The molecular weight excluding hydrogens is 258 g/mol. The van der Waals surface area contributed by atoms with Gasteiger partial charge in [0.2, 0.25) is 0 Å². The number of anilines is 1. The highest BCUT2D eigenvalue weighted by molar-refractivity contribution is 5.95. The van der Waals surface area contributed by atoms with Gasteiger partial charge in [-0.1, -0.05) is 56.3 Å². The highest BCUT2D eigenvalue weighted by Gasteiger charge is 2.02. The first-order chi connectivity index (χ1) is 10.0. The molecule has 0 radical (unpaired) electrons. The third kappa shape index (κ3) is 4.60. The van der Waals surface area contributed by atoms with Gasteiger partial charge in [-0.05, 0) is 40.8 Å². The molecule has 0 atom stereocenters. The Bertz CT molecular complexity index is 622. The van der Waals surface area contributed by atoms with E-state index in [1.807, 2.05) is 42.5 Å². The molecule has 2 aromatic carbocycles. The number of nitrogen functional groups attached to an aromatic ring is 1. The summed E-state index contributed by atoms with van der Waals surface area (Å²) in [6, 6.07) is 15.7. The number of carbonyl (C=O) groups is 1. The van der Waals surface area contributed by atoms with Crippen molar-refractivity contribution < 1.29 is 4.79 Å². The van der Waals surface area contributed by atoms with Crippen LogP contribution in [-0.4, -0.2) is 5.78 Å². The third-order valence-corrected chi connectivity index (χ3v) is 3.42. The fraction of sp³-hybridized carbons (Fsp3) is 0.211. The fourth-order valence-corrected chi connectivity index (χ4v) is 2.08. The van der Waals surface area contributed by atoms with Crippen LogP contribution in [0.15, 0.2) is 54.6 Å². The number of allylic oxidation sites excluding steroid dienone is 1. The zero-order valence-corrected chi connectivity index (χ0v) is 12.5. The van der Waals surface area contributed by atoms with Crippen LogP contribution in [0.2, 0.25) is 0 Å². The lowest BCUT2D eigenvalue weighted by atomic mass is 10.00. The summed E-state index contributed by atoms with van der Waals surface area (Å²) in [4.78, 5) is 12.0. The first-order valence-electron chi connectivity index (χ1n) is 7.20. The summed E-state index contributed by atoms with van der Waals surface area (Å²) in [5.74, 6) is 0.615. The second-order valence-corrected chi connectivity index (χ2v) is 5.54. The summed E-state index contributed by atoms with van der Waals surface area (Å²) in [5.41, 5.74) is 9.67. The van der Waals surface area contributed by atoms with Crippen molar-refractivity contribution >= 4 is 17.5 Å². The maximum atomic E-state index is 12.0. The molecule has 0 amide bonds. The number of nitrogens with two attached hydrogens (primary N) is 1. The first kappa shape index (κ1) is 15.0. The molecule has 0 unspecified atom stereocenters. The predicted molar refractivity (Wildman–Crippen MR) is 89.1 cm³/mol. The molecule has 0 aliphatic carbocycles. The molecule has 0 fully saturated rings. The average Bonchev–Trinajstić information content (AvgIpc) is 2.47. The van der Waals surface area contributed by atoms with Crippen molar-refractivity contribution in [2.75, 3.05) is 5.73 Å². The van der Waals surface area contributed by atoms with E-state index in [-0.39, 0.29) is 5.78 Å². The van der Waals surface area contributed by atoms with Crippen molar-refractivity contribution in [2.24, 2.45) is 0 Å². The molecule has 21 heavy (non-hydrogen) atoms. The van der Waals surface area contributed by atoms with Gasteiger partial charge >= 0.3 is 0 Å². The topological polar surface area (TPSA) is 43.1 Å². The summed E-state index contributed by atoms with van der Waals surface area (Å²) in [7, 11) is 0. The van der Waals surface area contributed by atoms with Crippen LogP contribution in [0.25, 0.3) is 6.08 Å². The number of hydrogen-bond acceptors (Lipinski definition) is 2. The average molecular weight is 279 g/mol. The van der Waals surface area contributed by atoms with Crippen LogP contribution in [0.3, 0.4) is 0 Å². The van der Waals surface area contributed by atoms with E-state index in [4.69, 9.17) is 5.73 Å². The van der Waals surface area contributed by atoms with E-state index in [1.165, 1.54) is 5.56 Å². The highest BCUT2D eigenvalue weighted by atomic mass is 16.1. The predicted octanol–water partition coefficient (Wildman–Crippen LogP) is 4.22. The highest BCUT2D eigenvalue weighted by Crippen LogP contribution is 2.15. The minimum atomic E-state index is 0.101. The monoisotopic (exact) mass is 279 g/mol. The zero-order chi connectivity index (χ0) is 15.2. The Morgan fingerprint density at radius 2 is 1.67 bits per heavy atom. The Kier molecular flexibility index (Phi) is 4.94. The minimum Gasteiger partial charge on any atom is -0.399 e. The van der Waals surface area contributed by atoms with Gasteiger partial charge in [-0.2, -0.15) is 0 Å². The first-order valence-corrected chi connectivity index (χ1v) is 7.20. The van der Waals surface area contributed by atoms with Gasteiger partial charge in [0, 0.05) is 12.1 Å². The number of rotatable bonds is 5. The SMILES string of the molecule is CC(C)c1ccc(CC(=O)/C=C/c2ccc(N)cc2)cc1. The van der Waals surface area contributed by atoms with Crippen LogP contribution < -0.4 is 5.73 Å². The summed E-state index contributed by atoms with van der Waals surface area (Å²) < 4.78 is 0. The zero-order valence-electron chi connectivity index (χ0n) is 12.5. The van der Waals surface area contributed by atoms with E-state index in [9.17, 15) is 4.79 Å². The molecule has 0 spiro atoms. The second-order valence-electron chi connectivity index (χ2n) is 5.54. The lowest BCUT2D eigenvalue weighted by molar-refractivity contribution is -0.113. The van der Waals surface area contributed by atoms with E-state index in [0.717, 1.165) is 16.8 Å². The fourth-order valence-electron chi connectivity index (χ4n) is 2.08. The molecule has 0 heterocycles. The van der Waals surface area contributed by atoms with Crippen molar-refractivity contribution in [1.29, 1.82) is 0 Å². The van der Waals surface area contributed by atoms with E-state index in [1.54, 1.807) is 6.08 Å². The molecule has 0 aliphatic rings. The van der Waals surface area contributed by atoms with Gasteiger partial charge in [-0.25, -0.2) is 0 Å². The second kappa shape index (κ2) is 6.89.